The van der Waals surface area contributed by atoms with Crippen LogP contribution in [-0.2, 0) is 0 Å². The minimum atomic E-state index is -0.410. The summed E-state index contributed by atoms with van der Waals surface area (Å²) in [6.07, 6.45) is 1.91. The van der Waals surface area contributed by atoms with E-state index in [2.05, 4.69) is 33.0 Å². The van der Waals surface area contributed by atoms with Crippen molar-refractivity contribution in [3.63, 3.8) is 0 Å². The summed E-state index contributed by atoms with van der Waals surface area (Å²) in [5.74, 6) is 0.247. The van der Waals surface area contributed by atoms with Crippen LogP contribution in [0.25, 0.3) is 0 Å². The van der Waals surface area contributed by atoms with Gasteiger partial charge in [0.05, 0.1) is 5.69 Å². The largest absolute Gasteiger partial charge is 0.380 e. The van der Waals surface area contributed by atoms with E-state index in [4.69, 9.17) is 0 Å². The van der Waals surface area contributed by atoms with Crippen LogP contribution in [0.1, 0.15) is 40.5 Å². The number of hydrogen-bond acceptors (Lipinski definition) is 1. The number of anilines is 1. The fourth-order valence-corrected chi connectivity index (χ4v) is 2.18. The van der Waals surface area contributed by atoms with Gasteiger partial charge in [0.15, 0.2) is 0 Å². The molecule has 3 heteroatoms. The molecule has 1 aromatic rings. The van der Waals surface area contributed by atoms with Gasteiger partial charge < -0.3 is 5.32 Å². The third-order valence-corrected chi connectivity index (χ3v) is 2.80. The topological polar surface area (TPSA) is 12.0 Å². The molecular weight excluding hydrogens is 232 g/mol. The summed E-state index contributed by atoms with van der Waals surface area (Å²) in [4.78, 5) is 0. The van der Waals surface area contributed by atoms with E-state index in [0.29, 0.717) is 11.8 Å². The van der Waals surface area contributed by atoms with Gasteiger partial charge in [0.1, 0.15) is 11.6 Å². The summed E-state index contributed by atoms with van der Waals surface area (Å²) in [7, 11) is 0. The van der Waals surface area contributed by atoms with Crippen LogP contribution in [0.3, 0.4) is 0 Å². The van der Waals surface area contributed by atoms with Gasteiger partial charge in [-0.15, -0.1) is 0 Å². The zero-order chi connectivity index (χ0) is 13.7. The Hall–Kier alpha value is -1.12. The van der Waals surface area contributed by atoms with Crippen LogP contribution in [-0.4, -0.2) is 6.04 Å². The highest BCUT2D eigenvalue weighted by atomic mass is 19.1. The first-order chi connectivity index (χ1) is 8.38. The van der Waals surface area contributed by atoms with Gasteiger partial charge in [0, 0.05) is 6.04 Å². The maximum Gasteiger partial charge on any atom is 0.146 e. The van der Waals surface area contributed by atoms with Crippen LogP contribution in [0, 0.1) is 23.5 Å². The summed E-state index contributed by atoms with van der Waals surface area (Å²) in [5, 5.41) is 3.14. The first-order valence-electron chi connectivity index (χ1n) is 6.60. The Morgan fingerprint density at radius 3 is 2.06 bits per heavy atom. The van der Waals surface area contributed by atoms with Crippen LogP contribution < -0.4 is 5.32 Å². The average molecular weight is 255 g/mol. The highest BCUT2D eigenvalue weighted by molar-refractivity contribution is 5.45. The molecule has 1 N–H and O–H groups in total. The summed E-state index contributed by atoms with van der Waals surface area (Å²) in [5.41, 5.74) is 0.265. The number of benzene rings is 1. The molecule has 0 aliphatic carbocycles. The monoisotopic (exact) mass is 255 g/mol. The third kappa shape index (κ3) is 5.03. The summed E-state index contributed by atoms with van der Waals surface area (Å²) >= 11 is 0. The molecule has 0 radical (unpaired) electrons. The van der Waals surface area contributed by atoms with Crippen molar-refractivity contribution in [2.45, 2.75) is 46.6 Å². The molecule has 0 fully saturated rings. The minimum absolute atomic E-state index is 0.182. The molecule has 0 heterocycles. The summed E-state index contributed by atoms with van der Waals surface area (Å²) < 4.78 is 26.7. The van der Waals surface area contributed by atoms with E-state index < -0.39 is 11.6 Å². The first-order valence-corrected chi connectivity index (χ1v) is 6.60. The van der Waals surface area contributed by atoms with E-state index in [1.54, 1.807) is 0 Å². The maximum absolute atomic E-state index is 13.6. The van der Waals surface area contributed by atoms with Gasteiger partial charge in [-0.2, -0.15) is 0 Å². The van der Waals surface area contributed by atoms with E-state index in [1.807, 2.05) is 0 Å². The van der Waals surface area contributed by atoms with Crippen molar-refractivity contribution in [2.24, 2.45) is 11.8 Å². The molecule has 102 valence electrons. The second-order valence-electron chi connectivity index (χ2n) is 5.72. The Kier molecular flexibility index (Phi) is 5.57. The lowest BCUT2D eigenvalue weighted by Crippen LogP contribution is -2.24. The quantitative estimate of drug-likeness (QED) is 0.767. The number of rotatable bonds is 6. The Morgan fingerprint density at radius 1 is 1.00 bits per heavy atom. The molecule has 0 spiro atoms. The molecule has 1 aromatic carbocycles. The van der Waals surface area contributed by atoms with E-state index in [9.17, 15) is 8.78 Å². The minimum Gasteiger partial charge on any atom is -0.380 e. The van der Waals surface area contributed by atoms with Crippen molar-refractivity contribution >= 4 is 5.69 Å². The maximum atomic E-state index is 13.6. The van der Waals surface area contributed by atoms with Crippen LogP contribution in [0.2, 0.25) is 0 Å². The number of halogens is 2. The predicted molar refractivity (Wildman–Crippen MR) is 72.7 cm³/mol. The Balaban J connectivity index is 2.77. The molecule has 1 rings (SSSR count). The third-order valence-electron chi connectivity index (χ3n) is 2.80. The van der Waals surface area contributed by atoms with Crippen molar-refractivity contribution in [3.8, 4) is 0 Å². The fraction of sp³-hybridized carbons (Fsp3) is 0.600. The van der Waals surface area contributed by atoms with Crippen LogP contribution in [0.15, 0.2) is 18.2 Å². The second kappa shape index (κ2) is 6.72. The van der Waals surface area contributed by atoms with E-state index in [1.165, 1.54) is 12.1 Å². The second-order valence-corrected chi connectivity index (χ2v) is 5.72. The SMILES string of the molecule is CC(C)CC(CC(C)C)Nc1cc(F)ccc1F. The molecule has 1 nitrogen and oxygen atoms in total. The van der Waals surface area contributed by atoms with Crippen LogP contribution in [0.4, 0.5) is 14.5 Å². The predicted octanol–water partition coefficient (Wildman–Crippen LogP) is 4.84. The van der Waals surface area contributed by atoms with Gasteiger partial charge in [-0.05, 0) is 42.9 Å². The number of nitrogens with one attached hydrogen (secondary N) is 1. The summed E-state index contributed by atoms with van der Waals surface area (Å²) in [6.45, 7) is 8.54. The molecule has 0 aliphatic rings. The lowest BCUT2D eigenvalue weighted by molar-refractivity contribution is 0.440. The van der Waals surface area contributed by atoms with E-state index in [-0.39, 0.29) is 11.7 Å². The van der Waals surface area contributed by atoms with Crippen LogP contribution in [0.5, 0.6) is 0 Å². The van der Waals surface area contributed by atoms with Crippen molar-refractivity contribution < 1.29 is 8.78 Å². The van der Waals surface area contributed by atoms with E-state index >= 15 is 0 Å². The van der Waals surface area contributed by atoms with Gasteiger partial charge in [0.2, 0.25) is 0 Å². The first kappa shape index (κ1) is 14.9. The standard InChI is InChI=1S/C15H23F2N/c1-10(2)7-13(8-11(3)4)18-15-9-12(16)5-6-14(15)17/h5-6,9-11,13,18H,7-8H2,1-4H3. The highest BCUT2D eigenvalue weighted by Gasteiger charge is 2.15. The van der Waals surface area contributed by atoms with E-state index in [0.717, 1.165) is 18.9 Å². The molecule has 0 bridgehead atoms. The van der Waals surface area contributed by atoms with Gasteiger partial charge in [0.25, 0.3) is 0 Å². The normalized spacial score (nSPS) is 11.6. The average Bonchev–Trinajstić information content (AvgIpc) is 2.21. The zero-order valence-electron chi connectivity index (χ0n) is 11.6. The molecule has 0 saturated carbocycles. The molecular formula is C15H23F2N. The van der Waals surface area contributed by atoms with Crippen LogP contribution >= 0.6 is 0 Å². The molecule has 0 unspecified atom stereocenters. The van der Waals surface area contributed by atoms with Gasteiger partial charge in [-0.1, -0.05) is 27.7 Å². The molecule has 0 aliphatic heterocycles. The number of hydrogen-bond donors (Lipinski definition) is 1. The molecule has 0 saturated heterocycles. The van der Waals surface area contributed by atoms with Gasteiger partial charge >= 0.3 is 0 Å². The zero-order valence-corrected chi connectivity index (χ0v) is 11.6. The lowest BCUT2D eigenvalue weighted by Gasteiger charge is -2.23. The fourth-order valence-electron chi connectivity index (χ4n) is 2.18. The highest BCUT2D eigenvalue weighted by Crippen LogP contribution is 2.21. The van der Waals surface area contributed by atoms with Gasteiger partial charge in [-0.3, -0.25) is 0 Å². The van der Waals surface area contributed by atoms with Gasteiger partial charge in [-0.25, -0.2) is 8.78 Å². The van der Waals surface area contributed by atoms with Crippen molar-refractivity contribution in [3.05, 3.63) is 29.8 Å². The molecule has 0 atom stereocenters. The smallest absolute Gasteiger partial charge is 0.146 e. The lowest BCUT2D eigenvalue weighted by atomic mass is 9.95. The molecule has 18 heavy (non-hydrogen) atoms. The Bertz CT molecular complexity index is 365. The van der Waals surface area contributed by atoms with Crippen molar-refractivity contribution in [1.29, 1.82) is 0 Å². The Morgan fingerprint density at radius 2 is 1.56 bits per heavy atom. The molecule has 0 aromatic heterocycles. The van der Waals surface area contributed by atoms with Crippen molar-refractivity contribution in [1.82, 2.24) is 0 Å². The van der Waals surface area contributed by atoms with Crippen molar-refractivity contribution in [2.75, 3.05) is 5.32 Å². The Labute approximate surface area is 109 Å². The summed E-state index contributed by atoms with van der Waals surface area (Å²) in [6, 6.07) is 3.71. The molecule has 0 amide bonds.